The Bertz CT molecular complexity index is 1150. The summed E-state index contributed by atoms with van der Waals surface area (Å²) in [5.74, 6) is 0.562. The lowest BCUT2D eigenvalue weighted by Gasteiger charge is -2.28. The van der Waals surface area contributed by atoms with E-state index in [0.29, 0.717) is 46.9 Å². The van der Waals surface area contributed by atoms with Crippen LogP contribution in [0.4, 0.5) is 0 Å². The van der Waals surface area contributed by atoms with E-state index in [4.69, 9.17) is 9.72 Å². The molecule has 0 radical (unpaired) electrons. The van der Waals surface area contributed by atoms with Crippen LogP contribution in [0.3, 0.4) is 0 Å². The molecule has 3 aromatic rings. The van der Waals surface area contributed by atoms with Gasteiger partial charge in [0.15, 0.2) is 11.3 Å². The second-order valence-electron chi connectivity index (χ2n) is 7.50. The van der Waals surface area contributed by atoms with Crippen molar-refractivity contribution in [2.45, 2.75) is 46.1 Å². The zero-order chi connectivity index (χ0) is 21.3. The molecule has 158 valence electrons. The summed E-state index contributed by atoms with van der Waals surface area (Å²) in [7, 11) is 0. The van der Waals surface area contributed by atoms with Crippen molar-refractivity contribution in [1.29, 1.82) is 0 Å². The molecule has 0 aliphatic carbocycles. The number of pyridine rings is 1. The first-order chi connectivity index (χ1) is 14.5. The number of Topliss-reactive ketones (excluding diaryl/α,β-unsaturated/α-hetero) is 1. The topological polar surface area (TPSA) is 115 Å². The van der Waals surface area contributed by atoms with Crippen LogP contribution in [-0.2, 0) is 6.42 Å². The van der Waals surface area contributed by atoms with Crippen molar-refractivity contribution in [2.75, 3.05) is 19.7 Å². The molecule has 9 nitrogen and oxygen atoms in total. The number of aromatic amines is 1. The highest BCUT2D eigenvalue weighted by atomic mass is 16.5. The first-order valence-corrected chi connectivity index (χ1v) is 10.4. The number of aromatic nitrogens is 5. The molecule has 3 aromatic heterocycles. The van der Waals surface area contributed by atoms with Gasteiger partial charge in [0.05, 0.1) is 23.9 Å². The third-order valence-corrected chi connectivity index (χ3v) is 5.34. The number of nitrogens with one attached hydrogen (secondary N) is 2. The van der Waals surface area contributed by atoms with Gasteiger partial charge in [-0.1, -0.05) is 20.3 Å². The Morgan fingerprint density at radius 1 is 1.30 bits per heavy atom. The molecule has 0 amide bonds. The monoisotopic (exact) mass is 410 g/mol. The summed E-state index contributed by atoms with van der Waals surface area (Å²) in [6, 6.07) is 1.90. The maximum Gasteiger partial charge on any atom is 0.279 e. The molecule has 0 saturated carbocycles. The Hall–Kier alpha value is -3.07. The van der Waals surface area contributed by atoms with Gasteiger partial charge in [-0.3, -0.25) is 14.3 Å². The average Bonchev–Trinajstić information content (AvgIpc) is 3.05. The lowest BCUT2D eigenvalue weighted by Crippen LogP contribution is -2.44. The third-order valence-electron chi connectivity index (χ3n) is 5.34. The van der Waals surface area contributed by atoms with Crippen LogP contribution in [0.2, 0.25) is 0 Å². The predicted octanol–water partition coefficient (Wildman–Crippen LogP) is 2.27. The summed E-state index contributed by atoms with van der Waals surface area (Å²) in [5, 5.41) is 7.77. The number of ketones is 1. The Balaban J connectivity index is 1.86. The molecule has 9 heteroatoms. The first kappa shape index (κ1) is 20.2. The molecular formula is C21H26N6O3. The van der Waals surface area contributed by atoms with Gasteiger partial charge in [-0.2, -0.15) is 5.10 Å². The number of H-pyrrole nitrogens is 1. The van der Waals surface area contributed by atoms with Gasteiger partial charge in [0.25, 0.3) is 5.56 Å². The fourth-order valence-corrected chi connectivity index (χ4v) is 3.49. The van der Waals surface area contributed by atoms with Gasteiger partial charge in [-0.15, -0.1) is 0 Å². The van der Waals surface area contributed by atoms with Crippen molar-refractivity contribution in [2.24, 2.45) is 0 Å². The van der Waals surface area contributed by atoms with E-state index in [1.807, 2.05) is 11.6 Å². The van der Waals surface area contributed by atoms with Crippen LogP contribution >= 0.6 is 0 Å². The molecule has 0 atom stereocenters. The fraction of sp³-hybridized carbons (Fsp3) is 0.476. The Labute approximate surface area is 173 Å². The molecule has 2 N–H and O–H groups in total. The molecule has 1 saturated heterocycles. The molecule has 0 aromatic carbocycles. The zero-order valence-electron chi connectivity index (χ0n) is 17.5. The minimum absolute atomic E-state index is 0.119. The highest BCUT2D eigenvalue weighted by Crippen LogP contribution is 2.28. The van der Waals surface area contributed by atoms with Crippen LogP contribution in [0.5, 0.6) is 5.88 Å². The maximum atomic E-state index is 12.9. The van der Waals surface area contributed by atoms with Crippen molar-refractivity contribution in [3.63, 3.8) is 0 Å². The molecule has 1 aliphatic rings. The highest BCUT2D eigenvalue weighted by Gasteiger charge is 2.26. The molecule has 4 rings (SSSR count). The van der Waals surface area contributed by atoms with Crippen LogP contribution in [-0.4, -0.2) is 50.2 Å². The molecule has 1 aliphatic heterocycles. The molecule has 0 unspecified atom stereocenters. The fourth-order valence-electron chi connectivity index (χ4n) is 3.49. The molecule has 30 heavy (non-hydrogen) atoms. The van der Waals surface area contributed by atoms with E-state index >= 15 is 0 Å². The standard InChI is InChI=1S/C21H26N6O3/c1-4-6-7-30-21-15(8-13(9-23-21)12(3)28)19-24-17-16(5-2)27(14-10-22-11-14)26-18(17)20(29)25-19/h8-9,14,22H,4-7,10-11H2,1-3H3,(H,24,25,29). The molecule has 4 heterocycles. The van der Waals surface area contributed by atoms with Crippen LogP contribution in [0.25, 0.3) is 22.4 Å². The number of unbranched alkanes of at least 4 members (excludes halogenated alkanes) is 1. The van der Waals surface area contributed by atoms with E-state index < -0.39 is 0 Å². The number of hydrogen-bond acceptors (Lipinski definition) is 7. The highest BCUT2D eigenvalue weighted by molar-refractivity contribution is 5.95. The Morgan fingerprint density at radius 2 is 2.10 bits per heavy atom. The first-order valence-electron chi connectivity index (χ1n) is 10.4. The molecular weight excluding hydrogens is 384 g/mol. The molecule has 0 spiro atoms. The summed E-state index contributed by atoms with van der Waals surface area (Å²) in [6.07, 6.45) is 4.05. The van der Waals surface area contributed by atoms with E-state index in [1.54, 1.807) is 6.07 Å². The van der Waals surface area contributed by atoms with Crippen molar-refractivity contribution in [1.82, 2.24) is 30.0 Å². The lowest BCUT2D eigenvalue weighted by atomic mass is 10.1. The van der Waals surface area contributed by atoms with Crippen molar-refractivity contribution in [3.8, 4) is 17.3 Å². The average molecular weight is 410 g/mol. The third kappa shape index (κ3) is 3.60. The van der Waals surface area contributed by atoms with Gasteiger partial charge in [0, 0.05) is 24.8 Å². The van der Waals surface area contributed by atoms with Crippen molar-refractivity contribution >= 4 is 16.8 Å². The van der Waals surface area contributed by atoms with E-state index in [1.165, 1.54) is 13.1 Å². The van der Waals surface area contributed by atoms with E-state index in [0.717, 1.165) is 31.6 Å². The van der Waals surface area contributed by atoms with E-state index in [9.17, 15) is 9.59 Å². The second kappa shape index (κ2) is 8.35. The molecule has 0 bridgehead atoms. The summed E-state index contributed by atoms with van der Waals surface area (Å²) in [4.78, 5) is 36.6. The number of ether oxygens (including phenoxy) is 1. The van der Waals surface area contributed by atoms with Gasteiger partial charge in [-0.25, -0.2) is 9.97 Å². The number of rotatable bonds is 8. The van der Waals surface area contributed by atoms with Crippen LogP contribution < -0.4 is 15.6 Å². The van der Waals surface area contributed by atoms with Gasteiger partial charge in [0.1, 0.15) is 11.3 Å². The maximum absolute atomic E-state index is 12.9. The summed E-state index contributed by atoms with van der Waals surface area (Å²) >= 11 is 0. The Kier molecular flexibility index (Phi) is 5.63. The number of carbonyl (C=O) groups excluding carboxylic acids is 1. The van der Waals surface area contributed by atoms with Gasteiger partial charge in [-0.05, 0) is 25.8 Å². The van der Waals surface area contributed by atoms with E-state index in [-0.39, 0.29) is 17.4 Å². The normalized spacial score (nSPS) is 14.1. The summed E-state index contributed by atoms with van der Waals surface area (Å²) in [6.45, 7) is 7.72. The van der Waals surface area contributed by atoms with Crippen molar-refractivity contribution < 1.29 is 9.53 Å². The quantitative estimate of drug-likeness (QED) is 0.432. The number of carbonyl (C=O) groups is 1. The second-order valence-corrected chi connectivity index (χ2v) is 7.50. The minimum Gasteiger partial charge on any atom is -0.477 e. The SMILES string of the molecule is CCCCOc1ncc(C(C)=O)cc1-c1nc2c(CC)n(C3CNC3)nc2c(=O)[nH]1. The summed E-state index contributed by atoms with van der Waals surface area (Å²) in [5.41, 5.74) is 2.44. The van der Waals surface area contributed by atoms with Gasteiger partial charge >= 0.3 is 0 Å². The van der Waals surface area contributed by atoms with Crippen LogP contribution in [0.15, 0.2) is 17.1 Å². The largest absolute Gasteiger partial charge is 0.477 e. The van der Waals surface area contributed by atoms with Crippen molar-refractivity contribution in [3.05, 3.63) is 33.9 Å². The number of fused-ring (bicyclic) bond motifs is 1. The van der Waals surface area contributed by atoms with Crippen LogP contribution in [0, 0.1) is 0 Å². The van der Waals surface area contributed by atoms with Gasteiger partial charge in [0.2, 0.25) is 5.88 Å². The Morgan fingerprint density at radius 3 is 2.73 bits per heavy atom. The van der Waals surface area contributed by atoms with Gasteiger partial charge < -0.3 is 15.0 Å². The predicted molar refractivity (Wildman–Crippen MR) is 113 cm³/mol. The number of aryl methyl sites for hydroxylation is 1. The smallest absolute Gasteiger partial charge is 0.279 e. The number of hydrogen-bond donors (Lipinski definition) is 2. The lowest BCUT2D eigenvalue weighted by molar-refractivity contribution is 0.101. The summed E-state index contributed by atoms with van der Waals surface area (Å²) < 4.78 is 7.74. The number of nitrogens with zero attached hydrogens (tertiary/aromatic N) is 4. The van der Waals surface area contributed by atoms with Crippen LogP contribution in [0.1, 0.15) is 55.7 Å². The molecule has 1 fully saturated rings. The minimum atomic E-state index is -0.316. The van der Waals surface area contributed by atoms with E-state index in [2.05, 4.69) is 27.3 Å². The zero-order valence-corrected chi connectivity index (χ0v) is 17.5.